The van der Waals surface area contributed by atoms with Crippen molar-refractivity contribution in [3.05, 3.63) is 40.5 Å². The Labute approximate surface area is 92.4 Å². The number of benzene rings is 1. The van der Waals surface area contributed by atoms with Gasteiger partial charge in [0.15, 0.2) is 0 Å². The van der Waals surface area contributed by atoms with E-state index in [1.165, 1.54) is 0 Å². The summed E-state index contributed by atoms with van der Waals surface area (Å²) in [5.74, 6) is -0.0312. The normalized spacial score (nSPS) is 10.5. The molecule has 3 N–H and O–H groups in total. The average Bonchev–Trinajstić information content (AvgIpc) is 2.23. The second kappa shape index (κ2) is 3.51. The molecule has 0 aliphatic rings. The predicted molar refractivity (Wildman–Crippen MR) is 62.5 cm³/mol. The third-order valence-electron chi connectivity index (χ3n) is 2.28. The minimum atomic E-state index is -0.0312. The molecule has 0 spiro atoms. The van der Waals surface area contributed by atoms with Gasteiger partial charge in [0.25, 0.3) is 0 Å². The highest BCUT2D eigenvalue weighted by Crippen LogP contribution is 2.24. The van der Waals surface area contributed by atoms with Crippen molar-refractivity contribution in [3.63, 3.8) is 0 Å². The number of pyridine rings is 1. The Kier molecular flexibility index (Phi) is 2.32. The lowest BCUT2D eigenvalue weighted by Crippen LogP contribution is -2.13. The Hall–Kier alpha value is -1.61. The number of amidine groups is 1. The second-order valence-corrected chi connectivity index (χ2v) is 3.78. The Morgan fingerprint density at radius 2 is 2.07 bits per heavy atom. The molecule has 0 atom stereocenters. The van der Waals surface area contributed by atoms with Gasteiger partial charge in [0.2, 0.25) is 0 Å². The molecule has 0 unspecified atom stereocenters. The molecule has 0 saturated heterocycles. The lowest BCUT2D eigenvalue weighted by molar-refractivity contribution is 1.29. The van der Waals surface area contributed by atoms with Crippen LogP contribution in [0.3, 0.4) is 0 Å². The molecule has 76 valence electrons. The Morgan fingerprint density at radius 1 is 1.33 bits per heavy atom. The van der Waals surface area contributed by atoms with Crippen molar-refractivity contribution in [2.24, 2.45) is 5.73 Å². The molecule has 2 aromatic rings. The quantitative estimate of drug-likeness (QED) is 0.572. The average molecular weight is 220 g/mol. The van der Waals surface area contributed by atoms with E-state index in [4.69, 9.17) is 22.7 Å². The van der Waals surface area contributed by atoms with Crippen LogP contribution in [0.2, 0.25) is 5.02 Å². The minimum Gasteiger partial charge on any atom is -0.382 e. The molecule has 0 bridgehead atoms. The summed E-state index contributed by atoms with van der Waals surface area (Å²) in [4.78, 5) is 4.30. The summed E-state index contributed by atoms with van der Waals surface area (Å²) in [6, 6.07) is 7.29. The number of halogens is 1. The van der Waals surface area contributed by atoms with Crippen LogP contribution in [0.15, 0.2) is 24.3 Å². The fraction of sp³-hybridized carbons (Fsp3) is 0.0909. The molecule has 1 aromatic carbocycles. The van der Waals surface area contributed by atoms with Crippen LogP contribution in [0.25, 0.3) is 10.9 Å². The molecule has 2 rings (SSSR count). The number of nitrogens with one attached hydrogen (secondary N) is 1. The molecular formula is C11H10ClN3. The number of nitrogens with zero attached hydrogens (tertiary/aromatic N) is 1. The number of nitrogens with two attached hydrogens (primary N) is 1. The van der Waals surface area contributed by atoms with Crippen LogP contribution in [0.4, 0.5) is 0 Å². The van der Waals surface area contributed by atoms with Crippen molar-refractivity contribution in [1.29, 1.82) is 5.41 Å². The van der Waals surface area contributed by atoms with Gasteiger partial charge in [-0.05, 0) is 30.7 Å². The first-order chi connectivity index (χ1) is 7.09. The molecule has 0 aliphatic carbocycles. The number of aromatic nitrogens is 1. The van der Waals surface area contributed by atoms with Crippen molar-refractivity contribution in [2.45, 2.75) is 6.92 Å². The van der Waals surface area contributed by atoms with Crippen molar-refractivity contribution in [3.8, 4) is 0 Å². The molecule has 0 saturated carbocycles. The number of rotatable bonds is 1. The zero-order valence-electron chi connectivity index (χ0n) is 8.21. The molecule has 3 nitrogen and oxygen atoms in total. The summed E-state index contributed by atoms with van der Waals surface area (Å²) in [7, 11) is 0. The van der Waals surface area contributed by atoms with Crippen LogP contribution in [0.1, 0.15) is 11.3 Å². The Bertz CT molecular complexity index is 549. The van der Waals surface area contributed by atoms with Gasteiger partial charge in [0.05, 0.1) is 5.52 Å². The van der Waals surface area contributed by atoms with Crippen LogP contribution in [0.5, 0.6) is 0 Å². The van der Waals surface area contributed by atoms with E-state index in [2.05, 4.69) is 4.98 Å². The SMILES string of the molecule is Cc1ccc(Cl)c2ccc(C(=N)N)nc12. The maximum Gasteiger partial charge on any atom is 0.141 e. The number of fused-ring (bicyclic) bond motifs is 1. The maximum absolute atomic E-state index is 7.32. The summed E-state index contributed by atoms with van der Waals surface area (Å²) >= 11 is 6.04. The fourth-order valence-corrected chi connectivity index (χ4v) is 1.68. The predicted octanol–water partition coefficient (Wildman–Crippen LogP) is 2.48. The van der Waals surface area contributed by atoms with Crippen LogP contribution >= 0.6 is 11.6 Å². The monoisotopic (exact) mass is 219 g/mol. The smallest absolute Gasteiger partial charge is 0.141 e. The van der Waals surface area contributed by atoms with Gasteiger partial charge >= 0.3 is 0 Å². The van der Waals surface area contributed by atoms with Crippen LogP contribution in [-0.2, 0) is 0 Å². The van der Waals surface area contributed by atoms with Gasteiger partial charge < -0.3 is 5.73 Å². The van der Waals surface area contributed by atoms with Gasteiger partial charge in [0, 0.05) is 10.4 Å². The van der Waals surface area contributed by atoms with Gasteiger partial charge in [-0.15, -0.1) is 0 Å². The number of hydrogen-bond acceptors (Lipinski definition) is 2. The Balaban J connectivity index is 2.81. The first kappa shape index (κ1) is 9.93. The van der Waals surface area contributed by atoms with E-state index in [1.807, 2.05) is 25.1 Å². The number of aryl methyl sites for hydroxylation is 1. The van der Waals surface area contributed by atoms with E-state index in [-0.39, 0.29) is 5.84 Å². The summed E-state index contributed by atoms with van der Waals surface area (Å²) in [5, 5.41) is 8.87. The van der Waals surface area contributed by atoms with E-state index in [9.17, 15) is 0 Å². The van der Waals surface area contributed by atoms with E-state index in [0.717, 1.165) is 16.5 Å². The van der Waals surface area contributed by atoms with Crippen molar-refractivity contribution in [1.82, 2.24) is 4.98 Å². The van der Waals surface area contributed by atoms with E-state index < -0.39 is 0 Å². The highest BCUT2D eigenvalue weighted by Gasteiger charge is 2.05. The van der Waals surface area contributed by atoms with Crippen LogP contribution < -0.4 is 5.73 Å². The first-order valence-electron chi connectivity index (χ1n) is 4.50. The molecule has 1 heterocycles. The highest BCUT2D eigenvalue weighted by molar-refractivity contribution is 6.35. The summed E-state index contributed by atoms with van der Waals surface area (Å²) < 4.78 is 0. The summed E-state index contributed by atoms with van der Waals surface area (Å²) in [6.45, 7) is 1.95. The van der Waals surface area contributed by atoms with Crippen LogP contribution in [-0.4, -0.2) is 10.8 Å². The molecular weight excluding hydrogens is 210 g/mol. The molecule has 0 aliphatic heterocycles. The maximum atomic E-state index is 7.32. The molecule has 15 heavy (non-hydrogen) atoms. The van der Waals surface area contributed by atoms with E-state index in [1.54, 1.807) is 6.07 Å². The van der Waals surface area contributed by atoms with Gasteiger partial charge in [-0.25, -0.2) is 4.98 Å². The molecule has 0 amide bonds. The third kappa shape index (κ3) is 1.66. The van der Waals surface area contributed by atoms with Crippen LogP contribution in [0, 0.1) is 12.3 Å². The summed E-state index contributed by atoms with van der Waals surface area (Å²) in [6.07, 6.45) is 0. The van der Waals surface area contributed by atoms with E-state index >= 15 is 0 Å². The molecule has 0 fully saturated rings. The van der Waals surface area contributed by atoms with Crippen molar-refractivity contribution < 1.29 is 0 Å². The highest BCUT2D eigenvalue weighted by atomic mass is 35.5. The van der Waals surface area contributed by atoms with Gasteiger partial charge in [0.1, 0.15) is 11.5 Å². The summed E-state index contributed by atoms with van der Waals surface area (Å²) in [5.41, 5.74) is 7.69. The minimum absolute atomic E-state index is 0.0312. The number of hydrogen-bond donors (Lipinski definition) is 2. The second-order valence-electron chi connectivity index (χ2n) is 3.37. The van der Waals surface area contributed by atoms with E-state index in [0.29, 0.717) is 10.7 Å². The molecule has 4 heteroatoms. The molecule has 0 radical (unpaired) electrons. The zero-order chi connectivity index (χ0) is 11.0. The third-order valence-corrected chi connectivity index (χ3v) is 2.61. The van der Waals surface area contributed by atoms with Crippen molar-refractivity contribution >= 4 is 28.3 Å². The topological polar surface area (TPSA) is 62.8 Å². The lowest BCUT2D eigenvalue weighted by Gasteiger charge is -2.05. The lowest BCUT2D eigenvalue weighted by atomic mass is 10.1. The first-order valence-corrected chi connectivity index (χ1v) is 4.87. The fourth-order valence-electron chi connectivity index (χ4n) is 1.47. The zero-order valence-corrected chi connectivity index (χ0v) is 8.97. The van der Waals surface area contributed by atoms with Crippen molar-refractivity contribution in [2.75, 3.05) is 0 Å². The number of nitrogen functional groups attached to an aromatic ring is 1. The largest absolute Gasteiger partial charge is 0.382 e. The van der Waals surface area contributed by atoms with Gasteiger partial charge in [-0.1, -0.05) is 17.7 Å². The standard InChI is InChI=1S/C11H10ClN3/c1-6-2-4-8(12)7-3-5-9(11(13)14)15-10(6)7/h2-5H,1H3,(H3,13,14). The van der Waals surface area contributed by atoms with Gasteiger partial charge in [-0.2, -0.15) is 0 Å². The van der Waals surface area contributed by atoms with Gasteiger partial charge in [-0.3, -0.25) is 5.41 Å². The Morgan fingerprint density at radius 3 is 2.73 bits per heavy atom. The molecule has 1 aromatic heterocycles.